The molecule has 11 heavy (non-hydrogen) atoms. The molecule has 2 N–H and O–H groups in total. The van der Waals surface area contributed by atoms with Gasteiger partial charge in [0.25, 0.3) is 0 Å². The van der Waals surface area contributed by atoms with Gasteiger partial charge in [-0.15, -0.1) is 0 Å². The second kappa shape index (κ2) is 3.20. The number of hydrogen-bond acceptors (Lipinski definition) is 3. The highest BCUT2D eigenvalue weighted by molar-refractivity contribution is 7.97. The van der Waals surface area contributed by atoms with Crippen LogP contribution in [0.5, 0.6) is 0 Å². The Morgan fingerprint density at radius 2 is 2.00 bits per heavy atom. The minimum absolute atomic E-state index is 0.192. The van der Waals surface area contributed by atoms with Crippen LogP contribution >= 0.6 is 11.9 Å². The van der Waals surface area contributed by atoms with E-state index in [0.29, 0.717) is 13.1 Å². The zero-order chi connectivity index (χ0) is 8.48. The first kappa shape index (κ1) is 9.15. The number of nitrogens with zero attached hydrogens (tertiary/aromatic N) is 1. The first-order valence-electron chi connectivity index (χ1n) is 3.16. The maximum Gasteiger partial charge on any atom is 0.401 e. The maximum absolute atomic E-state index is 11.7. The van der Waals surface area contributed by atoms with Gasteiger partial charge in [-0.05, 0) is 0 Å². The molecule has 0 saturated carbocycles. The molecular weight excluding hydrogens is 177 g/mol. The molecule has 0 bridgehead atoms. The van der Waals surface area contributed by atoms with Gasteiger partial charge in [0, 0.05) is 18.3 Å². The molecule has 0 aliphatic carbocycles. The topological polar surface area (TPSA) is 29.3 Å². The first-order valence-corrected chi connectivity index (χ1v) is 4.10. The molecule has 0 aromatic carbocycles. The van der Waals surface area contributed by atoms with Crippen LogP contribution in [0.1, 0.15) is 0 Å². The molecule has 0 amide bonds. The van der Waals surface area contributed by atoms with Crippen LogP contribution in [0.25, 0.3) is 0 Å². The fourth-order valence-electron chi connectivity index (χ4n) is 0.991. The first-order chi connectivity index (χ1) is 5.01. The molecule has 6 heteroatoms. The molecule has 0 unspecified atom stereocenters. The Hall–Kier alpha value is 0.0600. The summed E-state index contributed by atoms with van der Waals surface area (Å²) < 4.78 is 35.0. The highest BCUT2D eigenvalue weighted by Gasteiger charge is 2.36. The second-order valence-electron chi connectivity index (χ2n) is 2.57. The largest absolute Gasteiger partial charge is 0.401 e. The molecular formula is C5H9F3N2S. The number of likely N-dealkylation sites (tertiary alicyclic amines) is 1. The monoisotopic (exact) mass is 186 g/mol. The van der Waals surface area contributed by atoms with Gasteiger partial charge in [0.15, 0.2) is 0 Å². The van der Waals surface area contributed by atoms with Crippen molar-refractivity contribution < 1.29 is 13.2 Å². The predicted molar refractivity (Wildman–Crippen MR) is 38.1 cm³/mol. The van der Waals surface area contributed by atoms with Crippen molar-refractivity contribution in [2.24, 2.45) is 5.14 Å². The van der Waals surface area contributed by atoms with Crippen LogP contribution in [0.3, 0.4) is 0 Å². The summed E-state index contributed by atoms with van der Waals surface area (Å²) in [6, 6.07) is 0. The van der Waals surface area contributed by atoms with Gasteiger partial charge < -0.3 is 0 Å². The van der Waals surface area contributed by atoms with Gasteiger partial charge in [0.1, 0.15) is 0 Å². The predicted octanol–water partition coefficient (Wildman–Crippen LogP) is 0.840. The number of alkyl halides is 3. The molecule has 1 aliphatic rings. The van der Waals surface area contributed by atoms with E-state index in [-0.39, 0.29) is 5.25 Å². The lowest BCUT2D eigenvalue weighted by Crippen LogP contribution is -2.52. The summed E-state index contributed by atoms with van der Waals surface area (Å²) in [7, 11) is 0. The van der Waals surface area contributed by atoms with E-state index in [1.807, 2.05) is 0 Å². The van der Waals surface area contributed by atoms with Crippen molar-refractivity contribution in [2.45, 2.75) is 11.4 Å². The van der Waals surface area contributed by atoms with E-state index >= 15 is 0 Å². The smallest absolute Gasteiger partial charge is 0.293 e. The van der Waals surface area contributed by atoms with Crippen LogP contribution in [0, 0.1) is 0 Å². The summed E-state index contributed by atoms with van der Waals surface area (Å²) in [6.07, 6.45) is -4.07. The van der Waals surface area contributed by atoms with E-state index in [9.17, 15) is 13.2 Å². The lowest BCUT2D eigenvalue weighted by molar-refractivity contribution is -0.152. The van der Waals surface area contributed by atoms with Crippen molar-refractivity contribution in [3.05, 3.63) is 0 Å². The molecule has 1 aliphatic heterocycles. The highest BCUT2D eigenvalue weighted by atomic mass is 32.2. The molecule has 1 saturated heterocycles. The summed E-state index contributed by atoms with van der Waals surface area (Å²) in [6.45, 7) is 0.116. The SMILES string of the molecule is NSC1CN(CC(F)(F)F)C1. The molecule has 66 valence electrons. The van der Waals surface area contributed by atoms with E-state index in [1.54, 1.807) is 0 Å². The molecule has 1 fully saturated rings. The van der Waals surface area contributed by atoms with Crippen molar-refractivity contribution >= 4 is 11.9 Å². The average molecular weight is 186 g/mol. The van der Waals surface area contributed by atoms with Gasteiger partial charge in [-0.3, -0.25) is 10.0 Å². The lowest BCUT2D eigenvalue weighted by atomic mass is 10.2. The summed E-state index contributed by atoms with van der Waals surface area (Å²) >= 11 is 1.13. The molecule has 0 spiro atoms. The molecule has 2 nitrogen and oxygen atoms in total. The average Bonchev–Trinajstić information content (AvgIpc) is 1.75. The summed E-state index contributed by atoms with van der Waals surface area (Å²) in [4.78, 5) is 1.34. The fraction of sp³-hybridized carbons (Fsp3) is 1.00. The van der Waals surface area contributed by atoms with Gasteiger partial charge >= 0.3 is 6.18 Å². The quantitative estimate of drug-likeness (QED) is 0.648. The third-order valence-corrected chi connectivity index (χ3v) is 2.20. The zero-order valence-electron chi connectivity index (χ0n) is 5.77. The normalized spacial score (nSPS) is 21.8. The van der Waals surface area contributed by atoms with Crippen LogP contribution in [0.2, 0.25) is 0 Å². The van der Waals surface area contributed by atoms with Crippen LogP contribution in [0.15, 0.2) is 0 Å². The van der Waals surface area contributed by atoms with Gasteiger partial charge in [0.05, 0.1) is 6.54 Å². The zero-order valence-corrected chi connectivity index (χ0v) is 6.58. The van der Waals surface area contributed by atoms with Crippen LogP contribution in [0.4, 0.5) is 13.2 Å². The Morgan fingerprint density at radius 1 is 1.45 bits per heavy atom. The van der Waals surface area contributed by atoms with Crippen LogP contribution < -0.4 is 5.14 Å². The summed E-state index contributed by atoms with van der Waals surface area (Å²) in [5.74, 6) is 0. The number of rotatable bonds is 2. The van der Waals surface area contributed by atoms with Crippen molar-refractivity contribution in [3.63, 3.8) is 0 Å². The number of nitrogens with two attached hydrogens (primary N) is 1. The molecule has 0 aromatic rings. The third-order valence-electron chi connectivity index (χ3n) is 1.52. The van der Waals surface area contributed by atoms with Crippen molar-refractivity contribution in [3.8, 4) is 0 Å². The Kier molecular flexibility index (Phi) is 2.66. The Balaban J connectivity index is 2.14. The van der Waals surface area contributed by atoms with E-state index in [0.717, 1.165) is 11.9 Å². The van der Waals surface area contributed by atoms with Gasteiger partial charge in [-0.2, -0.15) is 13.2 Å². The Morgan fingerprint density at radius 3 is 2.36 bits per heavy atom. The Bertz CT molecular complexity index is 132. The molecule has 0 radical (unpaired) electrons. The van der Waals surface area contributed by atoms with Crippen LogP contribution in [-0.4, -0.2) is 36.0 Å². The number of hydrogen-bond donors (Lipinski definition) is 1. The third kappa shape index (κ3) is 2.88. The minimum Gasteiger partial charge on any atom is -0.293 e. The van der Waals surface area contributed by atoms with Gasteiger partial charge in [-0.25, -0.2) is 0 Å². The van der Waals surface area contributed by atoms with E-state index in [4.69, 9.17) is 5.14 Å². The molecule has 0 aromatic heterocycles. The van der Waals surface area contributed by atoms with E-state index in [1.165, 1.54) is 4.90 Å². The van der Waals surface area contributed by atoms with Crippen molar-refractivity contribution in [1.29, 1.82) is 0 Å². The van der Waals surface area contributed by atoms with Gasteiger partial charge in [0.2, 0.25) is 0 Å². The standard InChI is InChI=1S/C5H9F3N2S/c6-5(7,8)3-10-1-4(2-10)11-9/h4H,1-3,9H2. The van der Waals surface area contributed by atoms with E-state index in [2.05, 4.69) is 0 Å². The summed E-state index contributed by atoms with van der Waals surface area (Å²) in [5, 5.41) is 5.36. The van der Waals surface area contributed by atoms with Gasteiger partial charge in [-0.1, -0.05) is 11.9 Å². The lowest BCUT2D eigenvalue weighted by Gasteiger charge is -2.37. The molecule has 1 rings (SSSR count). The maximum atomic E-state index is 11.7. The van der Waals surface area contributed by atoms with Crippen molar-refractivity contribution in [1.82, 2.24) is 4.90 Å². The fourth-order valence-corrected chi connectivity index (χ4v) is 1.58. The number of halogens is 3. The minimum atomic E-state index is -4.07. The Labute approximate surface area is 67.0 Å². The second-order valence-corrected chi connectivity index (χ2v) is 3.51. The highest BCUT2D eigenvalue weighted by Crippen LogP contribution is 2.23. The van der Waals surface area contributed by atoms with Crippen molar-refractivity contribution in [2.75, 3.05) is 19.6 Å². The van der Waals surface area contributed by atoms with E-state index < -0.39 is 12.7 Å². The van der Waals surface area contributed by atoms with Crippen LogP contribution in [-0.2, 0) is 0 Å². The molecule has 0 atom stereocenters. The molecule has 1 heterocycles. The summed E-state index contributed by atoms with van der Waals surface area (Å²) in [5.41, 5.74) is 0.